The monoisotopic (exact) mass is 851 g/mol. The number of hydrogen-bond donors (Lipinski definition) is 0. The van der Waals surface area contributed by atoms with Gasteiger partial charge >= 0.3 is 0 Å². The lowest BCUT2D eigenvalue weighted by atomic mass is 9.43. The van der Waals surface area contributed by atoms with Gasteiger partial charge in [0.25, 0.3) is 0 Å². The molecule has 0 radical (unpaired) electrons. The van der Waals surface area contributed by atoms with E-state index in [-0.39, 0.29) is 0 Å². The highest BCUT2D eigenvalue weighted by atomic mass is 14.7. The van der Waals surface area contributed by atoms with Gasteiger partial charge in [0.1, 0.15) is 0 Å². The molecular formula is C65H70. The van der Waals surface area contributed by atoms with E-state index in [1.807, 2.05) is 0 Å². The van der Waals surface area contributed by atoms with Crippen LogP contribution in [0.25, 0.3) is 76.1 Å². The van der Waals surface area contributed by atoms with Crippen LogP contribution >= 0.6 is 0 Å². The fourth-order valence-electron chi connectivity index (χ4n) is 16.3. The van der Waals surface area contributed by atoms with E-state index in [4.69, 9.17) is 0 Å². The Balaban J connectivity index is 0.860. The highest BCUT2D eigenvalue weighted by Gasteiger charge is 2.60. The average molecular weight is 851 g/mol. The van der Waals surface area contributed by atoms with Crippen LogP contribution in [0.5, 0.6) is 0 Å². The summed E-state index contributed by atoms with van der Waals surface area (Å²) >= 11 is 0. The maximum absolute atomic E-state index is 2.78. The maximum atomic E-state index is 2.78. The summed E-state index contributed by atoms with van der Waals surface area (Å²) in [5.74, 6) is 7.01. The van der Waals surface area contributed by atoms with Crippen molar-refractivity contribution in [2.75, 3.05) is 0 Å². The number of fused-ring (bicyclic) bond motifs is 11. The molecule has 8 aromatic carbocycles. The van der Waals surface area contributed by atoms with Crippen LogP contribution in [0.2, 0.25) is 0 Å². The van der Waals surface area contributed by atoms with E-state index < -0.39 is 0 Å². The van der Waals surface area contributed by atoms with Crippen molar-refractivity contribution < 1.29 is 0 Å². The molecular weight excluding hydrogens is 781 g/mol. The van der Waals surface area contributed by atoms with Gasteiger partial charge in [0.05, 0.1) is 0 Å². The van der Waals surface area contributed by atoms with Gasteiger partial charge in [-0.1, -0.05) is 181 Å². The van der Waals surface area contributed by atoms with Crippen molar-refractivity contribution in [1.82, 2.24) is 0 Å². The maximum Gasteiger partial charge on any atom is -0.00201 e. The van der Waals surface area contributed by atoms with Crippen LogP contribution in [0.3, 0.4) is 0 Å². The minimum absolute atomic E-state index is 0.503. The van der Waals surface area contributed by atoms with Crippen LogP contribution in [-0.2, 0) is 0 Å². The number of rotatable bonds is 8. The first-order valence-corrected chi connectivity index (χ1v) is 26.1. The van der Waals surface area contributed by atoms with Gasteiger partial charge in [0, 0.05) is 0 Å². The molecule has 0 amide bonds. The van der Waals surface area contributed by atoms with E-state index in [1.165, 1.54) is 153 Å². The minimum atomic E-state index is 0.503. The van der Waals surface area contributed by atoms with E-state index in [0.29, 0.717) is 16.7 Å². The summed E-state index contributed by atoms with van der Waals surface area (Å²) in [6.45, 7) is 13.0. The van der Waals surface area contributed by atoms with Crippen molar-refractivity contribution in [3.8, 4) is 22.3 Å². The van der Waals surface area contributed by atoms with E-state index in [0.717, 1.165) is 41.4 Å². The Morgan fingerprint density at radius 1 is 0.492 bits per heavy atom. The summed E-state index contributed by atoms with van der Waals surface area (Å²) in [6.07, 6.45) is 17.3. The van der Waals surface area contributed by atoms with E-state index in [9.17, 15) is 0 Å². The van der Waals surface area contributed by atoms with Crippen molar-refractivity contribution in [2.45, 2.75) is 118 Å². The lowest BCUT2D eigenvalue weighted by molar-refractivity contribution is -0.117. The first-order chi connectivity index (χ1) is 31.7. The van der Waals surface area contributed by atoms with Crippen molar-refractivity contribution >= 4 is 53.9 Å². The van der Waals surface area contributed by atoms with Crippen molar-refractivity contribution in [3.05, 3.63) is 145 Å². The average Bonchev–Trinajstić information content (AvgIpc) is 3.69. The second-order valence-corrected chi connectivity index (χ2v) is 23.0. The topological polar surface area (TPSA) is 0 Å². The molecule has 9 atom stereocenters. The summed E-state index contributed by atoms with van der Waals surface area (Å²) in [6, 6.07) is 53.6. The summed E-state index contributed by atoms with van der Waals surface area (Å²) in [7, 11) is 0. The fourth-order valence-corrected chi connectivity index (χ4v) is 16.3. The van der Waals surface area contributed by atoms with E-state index in [2.05, 4.69) is 174 Å². The van der Waals surface area contributed by atoms with Gasteiger partial charge in [0.15, 0.2) is 0 Å². The van der Waals surface area contributed by atoms with Crippen LogP contribution in [-0.4, -0.2) is 0 Å². The Labute approximate surface area is 389 Å². The molecule has 4 aliphatic rings. The first kappa shape index (κ1) is 41.5. The van der Waals surface area contributed by atoms with Crippen LogP contribution in [0.4, 0.5) is 0 Å². The normalized spacial score (nSPS) is 28.2. The third-order valence-corrected chi connectivity index (χ3v) is 19.5. The number of hydrogen-bond acceptors (Lipinski definition) is 0. The van der Waals surface area contributed by atoms with E-state index >= 15 is 0 Å². The fraction of sp³-hybridized carbons (Fsp3) is 0.415. The molecule has 4 fully saturated rings. The zero-order chi connectivity index (χ0) is 44.0. The molecule has 0 saturated heterocycles. The van der Waals surface area contributed by atoms with Gasteiger partial charge in [-0.3, -0.25) is 0 Å². The first-order valence-electron chi connectivity index (χ1n) is 26.1. The Bertz CT molecular complexity index is 3040. The lowest BCUT2D eigenvalue weighted by Crippen LogP contribution is -2.53. The molecule has 0 heterocycles. The van der Waals surface area contributed by atoms with Gasteiger partial charge < -0.3 is 0 Å². The highest BCUT2D eigenvalue weighted by molar-refractivity contribution is 6.25. The van der Waals surface area contributed by atoms with Crippen LogP contribution in [0, 0.1) is 52.3 Å². The van der Waals surface area contributed by atoms with Crippen molar-refractivity contribution in [3.63, 3.8) is 0 Å². The second-order valence-electron chi connectivity index (χ2n) is 23.0. The molecule has 4 saturated carbocycles. The SMILES string of the molecule is CC(C)CCC[C@@H](C)[C@H]1CC[C@H]2[C@@H]3CC[C@H]4CC(c5cccc(-c6c7ccccc7c(-c7cccc8c7ccc7cc9ccccc9cc78)c7ccccc67)c5)CC[C@]4(C)[C@H]3CC[C@]12C. The third kappa shape index (κ3) is 6.73. The molecule has 0 aliphatic heterocycles. The Hall–Kier alpha value is -4.94. The predicted octanol–water partition coefficient (Wildman–Crippen LogP) is 19.0. The molecule has 0 N–H and O–H groups in total. The molecule has 65 heavy (non-hydrogen) atoms. The minimum Gasteiger partial charge on any atom is -0.0628 e. The number of benzene rings is 8. The van der Waals surface area contributed by atoms with Crippen LogP contribution in [0.15, 0.2) is 140 Å². The molecule has 330 valence electrons. The standard InChI is InChI=1S/C65H70/c1-41(2)15-12-16-42(3)59-31-32-60-57-30-28-49-39-46(33-35-64(49,4)61(57)34-36-65(59,60)5)44-19-13-20-48(38-44)62-53-21-8-10-23-55(53)63(56-24-11-9-22-54(56)62)52-26-14-25-50-51(52)29-27-47-37-43-17-6-7-18-45(43)40-58(47)50/h6-11,13-14,17-27,29,37-38,40-42,46,49,57,59-61H,12,15-16,28,30-36,39H2,1-5H3/t42-,46?,49+,57+,59-,60+,61+,64+,65-/m1/s1. The van der Waals surface area contributed by atoms with Crippen molar-refractivity contribution in [1.29, 1.82) is 0 Å². The Morgan fingerprint density at radius 3 is 1.91 bits per heavy atom. The highest BCUT2D eigenvalue weighted by Crippen LogP contribution is 2.69. The third-order valence-electron chi connectivity index (χ3n) is 19.5. The zero-order valence-corrected chi connectivity index (χ0v) is 39.9. The Morgan fingerprint density at radius 2 is 1.15 bits per heavy atom. The molecule has 12 rings (SSSR count). The summed E-state index contributed by atoms with van der Waals surface area (Å²) in [5, 5.41) is 13.2. The van der Waals surface area contributed by atoms with Gasteiger partial charge in [-0.15, -0.1) is 0 Å². The van der Waals surface area contributed by atoms with Crippen LogP contribution < -0.4 is 0 Å². The molecule has 1 unspecified atom stereocenters. The van der Waals surface area contributed by atoms with Crippen LogP contribution in [0.1, 0.15) is 123 Å². The van der Waals surface area contributed by atoms with Gasteiger partial charge in [-0.25, -0.2) is 0 Å². The predicted molar refractivity (Wildman–Crippen MR) is 281 cm³/mol. The summed E-state index contributed by atoms with van der Waals surface area (Å²) in [5.41, 5.74) is 8.06. The van der Waals surface area contributed by atoms with Gasteiger partial charge in [-0.05, 0) is 210 Å². The molecule has 0 bridgehead atoms. The van der Waals surface area contributed by atoms with E-state index in [1.54, 1.807) is 5.56 Å². The molecule has 0 aromatic heterocycles. The van der Waals surface area contributed by atoms with Gasteiger partial charge in [0.2, 0.25) is 0 Å². The summed E-state index contributed by atoms with van der Waals surface area (Å²) in [4.78, 5) is 0. The molecule has 4 aliphatic carbocycles. The smallest absolute Gasteiger partial charge is 0.00201 e. The largest absolute Gasteiger partial charge is 0.0628 e. The quantitative estimate of drug-likeness (QED) is 0.106. The van der Waals surface area contributed by atoms with Crippen molar-refractivity contribution in [2.24, 2.45) is 52.3 Å². The lowest BCUT2D eigenvalue weighted by Gasteiger charge is -2.61. The molecule has 8 aromatic rings. The molecule has 0 heteroatoms. The Kier molecular flexibility index (Phi) is 10.3. The second kappa shape index (κ2) is 16.1. The summed E-state index contributed by atoms with van der Waals surface area (Å²) < 4.78 is 0. The van der Waals surface area contributed by atoms with Gasteiger partial charge in [-0.2, -0.15) is 0 Å². The molecule has 0 spiro atoms. The zero-order valence-electron chi connectivity index (χ0n) is 39.9. The molecule has 0 nitrogen and oxygen atoms in total.